The van der Waals surface area contributed by atoms with E-state index in [1.165, 1.54) is 4.88 Å². The van der Waals surface area contributed by atoms with Gasteiger partial charge in [0, 0.05) is 41.1 Å². The Balaban J connectivity index is 1.72. The fourth-order valence-electron chi connectivity index (χ4n) is 4.17. The van der Waals surface area contributed by atoms with Gasteiger partial charge in [-0.3, -0.25) is 9.59 Å². The summed E-state index contributed by atoms with van der Waals surface area (Å²) in [5.41, 5.74) is 1.02. The van der Waals surface area contributed by atoms with Gasteiger partial charge in [0.25, 0.3) is 5.91 Å². The maximum atomic E-state index is 13.7. The summed E-state index contributed by atoms with van der Waals surface area (Å²) >= 11 is 7.61. The minimum atomic E-state index is -0.267. The second kappa shape index (κ2) is 16.9. The highest BCUT2D eigenvalue weighted by Crippen LogP contribution is 2.28. The van der Waals surface area contributed by atoms with Crippen molar-refractivity contribution in [3.8, 4) is 17.2 Å². The zero-order valence-electron chi connectivity index (χ0n) is 24.2. The summed E-state index contributed by atoms with van der Waals surface area (Å²) < 4.78 is 22.0. The fraction of sp³-hybridized carbons (Fsp3) is 0.419. The molecule has 0 saturated heterocycles. The molecule has 0 saturated carbocycles. The van der Waals surface area contributed by atoms with E-state index in [1.807, 2.05) is 43.0 Å². The molecule has 0 fully saturated rings. The third kappa shape index (κ3) is 10.6. The Morgan fingerprint density at radius 2 is 1.66 bits per heavy atom. The van der Waals surface area contributed by atoms with Crippen LogP contribution in [-0.2, 0) is 27.3 Å². The van der Waals surface area contributed by atoms with Crippen LogP contribution < -0.4 is 14.2 Å². The van der Waals surface area contributed by atoms with Gasteiger partial charge in [0.05, 0.1) is 27.3 Å². The Kier molecular flexibility index (Phi) is 13.3. The van der Waals surface area contributed by atoms with Crippen LogP contribution in [-0.4, -0.2) is 75.3 Å². The predicted molar refractivity (Wildman–Crippen MR) is 162 cm³/mol. The van der Waals surface area contributed by atoms with Crippen LogP contribution in [0.5, 0.6) is 17.2 Å². The van der Waals surface area contributed by atoms with Crippen molar-refractivity contribution in [1.29, 1.82) is 0 Å². The van der Waals surface area contributed by atoms with Gasteiger partial charge in [-0.05, 0) is 80.8 Å². The van der Waals surface area contributed by atoms with Crippen molar-refractivity contribution in [1.82, 2.24) is 9.80 Å². The Labute approximate surface area is 251 Å². The summed E-state index contributed by atoms with van der Waals surface area (Å²) in [5, 5.41) is 0.584. The van der Waals surface area contributed by atoms with Crippen LogP contribution in [0.25, 0.3) is 0 Å². The van der Waals surface area contributed by atoms with Crippen LogP contribution in [0, 0.1) is 6.92 Å². The summed E-state index contributed by atoms with van der Waals surface area (Å²) in [6.45, 7) is 6.17. The summed E-state index contributed by atoms with van der Waals surface area (Å²) in [6.07, 6.45) is 1.23. The minimum absolute atomic E-state index is 0.0504. The van der Waals surface area contributed by atoms with Crippen LogP contribution in [0.3, 0.4) is 0 Å². The number of hydrogen-bond donors (Lipinski definition) is 0. The molecule has 2 amide bonds. The SMILES string of the molecule is CCOCCCN(CC(=O)N(CCc1ccc(OC)c(OC)c1)Cc1ccc(C)s1)C(=O)COc1ccc(Cl)cc1. The van der Waals surface area contributed by atoms with E-state index in [4.69, 9.17) is 30.5 Å². The number of amides is 2. The van der Waals surface area contributed by atoms with Crippen molar-refractivity contribution in [3.63, 3.8) is 0 Å². The molecule has 0 aliphatic carbocycles. The van der Waals surface area contributed by atoms with Crippen molar-refractivity contribution < 1.29 is 28.5 Å². The standard InChI is InChI=1S/C31H39ClN2O6S/c1-5-39-18-6-16-33(31(36)22-40-26-11-9-25(32)10-12-26)21-30(35)34(20-27-13-7-23(2)41-27)17-15-24-8-14-28(37-3)29(19-24)38-4/h7-14,19H,5-6,15-18,20-22H2,1-4H3. The van der Waals surface area contributed by atoms with E-state index in [0.717, 1.165) is 10.4 Å². The van der Waals surface area contributed by atoms with E-state index in [9.17, 15) is 9.59 Å². The van der Waals surface area contributed by atoms with Crippen LogP contribution >= 0.6 is 22.9 Å². The number of nitrogens with zero attached hydrogens (tertiary/aromatic N) is 2. The normalized spacial score (nSPS) is 10.8. The summed E-state index contributed by atoms with van der Waals surface area (Å²) in [5.74, 6) is 1.43. The van der Waals surface area contributed by atoms with Gasteiger partial charge in [-0.2, -0.15) is 0 Å². The molecule has 0 aliphatic heterocycles. The molecule has 2 aromatic carbocycles. The molecule has 0 spiro atoms. The van der Waals surface area contributed by atoms with Gasteiger partial charge >= 0.3 is 0 Å². The Bertz CT molecular complexity index is 1250. The lowest BCUT2D eigenvalue weighted by Crippen LogP contribution is -2.45. The number of aryl methyl sites for hydroxylation is 1. The first-order chi connectivity index (χ1) is 19.8. The lowest BCUT2D eigenvalue weighted by Gasteiger charge is -2.28. The van der Waals surface area contributed by atoms with Gasteiger partial charge in [0.2, 0.25) is 5.91 Å². The molecular weight excluding hydrogens is 564 g/mol. The topological polar surface area (TPSA) is 77.5 Å². The molecular formula is C31H39ClN2O6S. The first-order valence-corrected chi connectivity index (χ1v) is 14.8. The number of ether oxygens (including phenoxy) is 4. The zero-order valence-corrected chi connectivity index (χ0v) is 25.8. The fourth-order valence-corrected chi connectivity index (χ4v) is 5.21. The number of hydrogen-bond acceptors (Lipinski definition) is 7. The van der Waals surface area contributed by atoms with Crippen LogP contribution in [0.1, 0.15) is 28.7 Å². The molecule has 0 unspecified atom stereocenters. The second-order valence-corrected chi connectivity index (χ2v) is 11.2. The molecule has 0 N–H and O–H groups in total. The van der Waals surface area contributed by atoms with Gasteiger partial charge in [-0.15, -0.1) is 11.3 Å². The van der Waals surface area contributed by atoms with Crippen LogP contribution in [0.4, 0.5) is 0 Å². The van der Waals surface area contributed by atoms with Crippen molar-refractivity contribution in [2.45, 2.75) is 33.2 Å². The van der Waals surface area contributed by atoms with Gasteiger partial charge in [-0.1, -0.05) is 17.7 Å². The molecule has 0 aliphatic rings. The first kappa shape index (κ1) is 32.2. The molecule has 1 aromatic heterocycles. The zero-order chi connectivity index (χ0) is 29.6. The molecule has 0 atom stereocenters. The Morgan fingerprint density at radius 3 is 2.32 bits per heavy atom. The predicted octanol–water partition coefficient (Wildman–Crippen LogP) is 5.63. The number of thiophene rings is 1. The Morgan fingerprint density at radius 1 is 0.902 bits per heavy atom. The van der Waals surface area contributed by atoms with E-state index in [2.05, 4.69) is 6.07 Å². The van der Waals surface area contributed by atoms with Crippen molar-refractivity contribution in [2.24, 2.45) is 0 Å². The molecule has 3 aromatic rings. The number of carbonyl (C=O) groups is 2. The molecule has 0 radical (unpaired) electrons. The van der Waals surface area contributed by atoms with Gasteiger partial charge < -0.3 is 28.7 Å². The highest BCUT2D eigenvalue weighted by atomic mass is 35.5. The quantitative estimate of drug-likeness (QED) is 0.186. The highest BCUT2D eigenvalue weighted by molar-refractivity contribution is 7.11. The van der Waals surface area contributed by atoms with E-state index in [1.54, 1.807) is 54.7 Å². The number of rotatable bonds is 17. The summed E-state index contributed by atoms with van der Waals surface area (Å²) in [7, 11) is 3.20. The van der Waals surface area contributed by atoms with Crippen molar-refractivity contribution in [2.75, 3.05) is 53.7 Å². The van der Waals surface area contributed by atoms with E-state index >= 15 is 0 Å². The number of benzene rings is 2. The summed E-state index contributed by atoms with van der Waals surface area (Å²) in [4.78, 5) is 32.6. The monoisotopic (exact) mass is 602 g/mol. The van der Waals surface area contributed by atoms with Gasteiger partial charge in [0.15, 0.2) is 18.1 Å². The van der Waals surface area contributed by atoms with E-state index in [-0.39, 0.29) is 25.0 Å². The molecule has 0 bridgehead atoms. The molecule has 41 heavy (non-hydrogen) atoms. The van der Waals surface area contributed by atoms with Crippen LogP contribution in [0.15, 0.2) is 54.6 Å². The molecule has 3 rings (SSSR count). The first-order valence-electron chi connectivity index (χ1n) is 13.6. The lowest BCUT2D eigenvalue weighted by atomic mass is 10.1. The third-order valence-corrected chi connectivity index (χ3v) is 7.63. The van der Waals surface area contributed by atoms with E-state index in [0.29, 0.717) is 68.0 Å². The lowest BCUT2D eigenvalue weighted by molar-refractivity contribution is -0.142. The van der Waals surface area contributed by atoms with Crippen LogP contribution in [0.2, 0.25) is 5.02 Å². The molecule has 8 nitrogen and oxygen atoms in total. The number of halogens is 1. The van der Waals surface area contributed by atoms with E-state index < -0.39 is 0 Å². The summed E-state index contributed by atoms with van der Waals surface area (Å²) in [6, 6.07) is 16.7. The van der Waals surface area contributed by atoms with Crippen molar-refractivity contribution >= 4 is 34.8 Å². The maximum absolute atomic E-state index is 13.7. The van der Waals surface area contributed by atoms with Gasteiger partial charge in [-0.25, -0.2) is 0 Å². The van der Waals surface area contributed by atoms with Crippen molar-refractivity contribution in [3.05, 3.63) is 74.9 Å². The number of carbonyl (C=O) groups excluding carboxylic acids is 2. The maximum Gasteiger partial charge on any atom is 0.260 e. The molecule has 10 heteroatoms. The average molecular weight is 603 g/mol. The number of methoxy groups -OCH3 is 2. The average Bonchev–Trinajstić information content (AvgIpc) is 3.40. The molecule has 222 valence electrons. The smallest absolute Gasteiger partial charge is 0.260 e. The Hall–Kier alpha value is -3.27. The molecule has 1 heterocycles. The minimum Gasteiger partial charge on any atom is -0.493 e. The largest absolute Gasteiger partial charge is 0.493 e. The highest BCUT2D eigenvalue weighted by Gasteiger charge is 2.22. The van der Waals surface area contributed by atoms with Gasteiger partial charge in [0.1, 0.15) is 5.75 Å². The second-order valence-electron chi connectivity index (χ2n) is 9.38. The third-order valence-electron chi connectivity index (χ3n) is 6.39.